The van der Waals surface area contributed by atoms with Gasteiger partial charge in [-0.3, -0.25) is 9.88 Å². The van der Waals surface area contributed by atoms with Crippen molar-refractivity contribution in [2.24, 2.45) is 0 Å². The molecule has 0 amide bonds. The predicted octanol–water partition coefficient (Wildman–Crippen LogP) is 2.96. The van der Waals surface area contributed by atoms with Crippen molar-refractivity contribution >= 4 is 0 Å². The summed E-state index contributed by atoms with van der Waals surface area (Å²) in [6.45, 7) is 5.12. The molecular formula is C17H22FN3. The Morgan fingerprint density at radius 3 is 2.57 bits per heavy atom. The van der Waals surface area contributed by atoms with Gasteiger partial charge in [-0.05, 0) is 42.9 Å². The van der Waals surface area contributed by atoms with Gasteiger partial charge in [0, 0.05) is 37.6 Å². The molecule has 0 spiro atoms. The van der Waals surface area contributed by atoms with Crippen LogP contribution in [0.2, 0.25) is 0 Å². The summed E-state index contributed by atoms with van der Waals surface area (Å²) in [5.41, 5.74) is 3.03. The molecule has 0 atom stereocenters. The van der Waals surface area contributed by atoms with Crippen molar-refractivity contribution in [1.82, 2.24) is 15.2 Å². The molecule has 1 aromatic carbocycles. The average molecular weight is 287 g/mol. The first-order valence-electron chi connectivity index (χ1n) is 7.24. The Labute approximate surface area is 125 Å². The lowest BCUT2D eigenvalue weighted by molar-refractivity contribution is 0.313. The fourth-order valence-electron chi connectivity index (χ4n) is 2.28. The highest BCUT2D eigenvalue weighted by atomic mass is 19.1. The summed E-state index contributed by atoms with van der Waals surface area (Å²) in [6, 6.07) is 9.30. The van der Waals surface area contributed by atoms with Gasteiger partial charge in [0.2, 0.25) is 0 Å². The number of rotatable bonds is 7. The highest BCUT2D eigenvalue weighted by molar-refractivity contribution is 5.25. The number of hydrogen-bond acceptors (Lipinski definition) is 3. The van der Waals surface area contributed by atoms with Gasteiger partial charge in [-0.25, -0.2) is 4.39 Å². The first kappa shape index (κ1) is 15.6. The molecule has 1 N–H and O–H groups in total. The van der Waals surface area contributed by atoms with Crippen molar-refractivity contribution in [3.8, 4) is 0 Å². The number of nitrogens with one attached hydrogen (secondary N) is 1. The SMILES string of the molecule is CCNCc1ccc(F)c(CN(C)Cc2ccncc2)c1. The minimum absolute atomic E-state index is 0.142. The van der Waals surface area contributed by atoms with E-state index >= 15 is 0 Å². The fraction of sp³-hybridized carbons (Fsp3) is 0.353. The lowest BCUT2D eigenvalue weighted by Gasteiger charge is -2.18. The second-order valence-electron chi connectivity index (χ2n) is 5.23. The van der Waals surface area contributed by atoms with Crippen molar-refractivity contribution in [3.63, 3.8) is 0 Å². The zero-order valence-electron chi connectivity index (χ0n) is 12.6. The van der Waals surface area contributed by atoms with Crippen LogP contribution >= 0.6 is 0 Å². The maximum Gasteiger partial charge on any atom is 0.127 e. The van der Waals surface area contributed by atoms with Crippen LogP contribution in [0.25, 0.3) is 0 Å². The molecule has 0 radical (unpaired) electrons. The van der Waals surface area contributed by atoms with Crippen LogP contribution in [0.5, 0.6) is 0 Å². The lowest BCUT2D eigenvalue weighted by atomic mass is 10.1. The van der Waals surface area contributed by atoms with Gasteiger partial charge >= 0.3 is 0 Å². The maximum atomic E-state index is 13.9. The normalized spacial score (nSPS) is 11.0. The molecule has 0 aliphatic heterocycles. The summed E-state index contributed by atoms with van der Waals surface area (Å²) in [5.74, 6) is -0.142. The molecule has 1 aromatic heterocycles. The van der Waals surface area contributed by atoms with Crippen LogP contribution in [0.15, 0.2) is 42.7 Å². The highest BCUT2D eigenvalue weighted by Gasteiger charge is 2.07. The van der Waals surface area contributed by atoms with Crippen LogP contribution in [0.4, 0.5) is 4.39 Å². The van der Waals surface area contributed by atoms with Crippen LogP contribution < -0.4 is 5.32 Å². The third-order valence-electron chi connectivity index (χ3n) is 3.33. The Balaban J connectivity index is 2.00. The average Bonchev–Trinajstić information content (AvgIpc) is 2.49. The molecule has 2 aromatic rings. The van der Waals surface area contributed by atoms with Gasteiger partial charge in [0.15, 0.2) is 0 Å². The van der Waals surface area contributed by atoms with E-state index in [1.54, 1.807) is 18.5 Å². The van der Waals surface area contributed by atoms with Gasteiger partial charge in [-0.1, -0.05) is 19.1 Å². The Hall–Kier alpha value is -1.78. The van der Waals surface area contributed by atoms with Crippen LogP contribution in [0, 0.1) is 5.82 Å². The summed E-state index contributed by atoms with van der Waals surface area (Å²) in [6.07, 6.45) is 3.56. The summed E-state index contributed by atoms with van der Waals surface area (Å²) < 4.78 is 13.9. The van der Waals surface area contributed by atoms with E-state index < -0.39 is 0 Å². The van der Waals surface area contributed by atoms with Gasteiger partial charge in [0.05, 0.1) is 0 Å². The van der Waals surface area contributed by atoms with Crippen molar-refractivity contribution < 1.29 is 4.39 Å². The van der Waals surface area contributed by atoms with E-state index in [-0.39, 0.29) is 5.82 Å². The molecule has 4 heteroatoms. The number of aromatic nitrogens is 1. The predicted molar refractivity (Wildman–Crippen MR) is 83.2 cm³/mol. The van der Waals surface area contributed by atoms with Gasteiger partial charge in [0.25, 0.3) is 0 Å². The van der Waals surface area contributed by atoms with E-state index in [0.29, 0.717) is 6.54 Å². The molecule has 0 aliphatic rings. The summed E-state index contributed by atoms with van der Waals surface area (Å²) in [5, 5.41) is 3.26. The van der Waals surface area contributed by atoms with Crippen molar-refractivity contribution in [1.29, 1.82) is 0 Å². The maximum absolute atomic E-state index is 13.9. The van der Waals surface area contributed by atoms with E-state index in [9.17, 15) is 4.39 Å². The van der Waals surface area contributed by atoms with Crippen LogP contribution in [0.3, 0.4) is 0 Å². The van der Waals surface area contributed by atoms with E-state index in [1.165, 1.54) is 5.56 Å². The highest BCUT2D eigenvalue weighted by Crippen LogP contribution is 2.14. The van der Waals surface area contributed by atoms with Crippen LogP contribution in [0.1, 0.15) is 23.6 Å². The number of hydrogen-bond donors (Lipinski definition) is 1. The zero-order chi connectivity index (χ0) is 15.1. The minimum atomic E-state index is -0.142. The Bertz CT molecular complexity index is 557. The summed E-state index contributed by atoms with van der Waals surface area (Å²) in [7, 11) is 2.00. The molecule has 2 rings (SSSR count). The Morgan fingerprint density at radius 2 is 1.86 bits per heavy atom. The van der Waals surface area contributed by atoms with E-state index in [4.69, 9.17) is 0 Å². The first-order valence-corrected chi connectivity index (χ1v) is 7.24. The largest absolute Gasteiger partial charge is 0.313 e. The number of nitrogens with zero attached hydrogens (tertiary/aromatic N) is 2. The smallest absolute Gasteiger partial charge is 0.127 e. The fourth-order valence-corrected chi connectivity index (χ4v) is 2.28. The molecule has 0 aliphatic carbocycles. The quantitative estimate of drug-likeness (QED) is 0.848. The zero-order valence-corrected chi connectivity index (χ0v) is 12.6. The van der Waals surface area contributed by atoms with Crippen molar-refractivity contribution in [3.05, 3.63) is 65.2 Å². The molecule has 21 heavy (non-hydrogen) atoms. The third-order valence-corrected chi connectivity index (χ3v) is 3.33. The van der Waals surface area contributed by atoms with Crippen molar-refractivity contribution in [2.45, 2.75) is 26.6 Å². The van der Waals surface area contributed by atoms with Gasteiger partial charge in [-0.2, -0.15) is 0 Å². The number of halogens is 1. The topological polar surface area (TPSA) is 28.2 Å². The van der Waals surface area contributed by atoms with Gasteiger partial charge in [-0.15, -0.1) is 0 Å². The molecule has 112 valence electrons. The number of benzene rings is 1. The molecule has 0 bridgehead atoms. The Morgan fingerprint density at radius 1 is 1.10 bits per heavy atom. The van der Waals surface area contributed by atoms with E-state index in [1.807, 2.05) is 31.3 Å². The van der Waals surface area contributed by atoms with E-state index in [0.717, 1.165) is 30.8 Å². The molecule has 1 heterocycles. The van der Waals surface area contributed by atoms with Gasteiger partial charge in [0.1, 0.15) is 5.82 Å². The lowest BCUT2D eigenvalue weighted by Crippen LogP contribution is -2.18. The monoisotopic (exact) mass is 287 g/mol. The molecule has 0 unspecified atom stereocenters. The summed E-state index contributed by atoms with van der Waals surface area (Å²) >= 11 is 0. The van der Waals surface area contributed by atoms with E-state index in [2.05, 4.69) is 22.1 Å². The second-order valence-corrected chi connectivity index (χ2v) is 5.23. The molecule has 3 nitrogen and oxygen atoms in total. The Kier molecular flexibility index (Phi) is 5.84. The van der Waals surface area contributed by atoms with Crippen LogP contribution in [-0.2, 0) is 19.6 Å². The first-order chi connectivity index (χ1) is 10.2. The molecule has 0 saturated carbocycles. The van der Waals surface area contributed by atoms with Crippen LogP contribution in [-0.4, -0.2) is 23.5 Å². The molecule has 0 fully saturated rings. The minimum Gasteiger partial charge on any atom is -0.313 e. The third kappa shape index (κ3) is 4.92. The molecular weight excluding hydrogens is 265 g/mol. The van der Waals surface area contributed by atoms with Crippen molar-refractivity contribution in [2.75, 3.05) is 13.6 Å². The summed E-state index contributed by atoms with van der Waals surface area (Å²) in [4.78, 5) is 6.11. The number of pyridine rings is 1. The standard InChI is InChI=1S/C17H22FN3/c1-3-19-11-15-4-5-17(18)16(10-15)13-21(2)12-14-6-8-20-9-7-14/h4-10,19H,3,11-13H2,1-2H3. The van der Waals surface area contributed by atoms with Gasteiger partial charge < -0.3 is 5.32 Å². The molecule has 0 saturated heterocycles. The second kappa shape index (κ2) is 7.86.